The third-order valence-electron chi connectivity index (χ3n) is 2.22. The van der Waals surface area contributed by atoms with Crippen LogP contribution in [-0.2, 0) is 9.53 Å². The van der Waals surface area contributed by atoms with E-state index in [0.29, 0.717) is 5.56 Å². The summed E-state index contributed by atoms with van der Waals surface area (Å²) in [6.07, 6.45) is -0.906. The van der Waals surface area contributed by atoms with Gasteiger partial charge in [-0.3, -0.25) is 10.1 Å². The van der Waals surface area contributed by atoms with Crippen molar-refractivity contribution in [1.29, 1.82) is 0 Å². The smallest absolute Gasteiger partial charge is 0.413 e. The Bertz CT molecular complexity index is 511. The van der Waals surface area contributed by atoms with Crippen LogP contribution in [0.15, 0.2) is 18.2 Å². The average molecular weight is 267 g/mol. The lowest BCUT2D eigenvalue weighted by atomic mass is 10.1. The number of nitrogens with one attached hydrogen (secondary N) is 1. The predicted octanol–water partition coefficient (Wildman–Crippen LogP) is 0.955. The summed E-state index contributed by atoms with van der Waals surface area (Å²) in [5.74, 6) is -1.80. The first kappa shape index (κ1) is 14.5. The fourth-order valence-corrected chi connectivity index (χ4v) is 1.35. The summed E-state index contributed by atoms with van der Waals surface area (Å²) >= 11 is 0. The SMILES string of the molecule is COC(=O)NC(=O)COc1c(C)cccc1C(=O)O. The largest absolute Gasteiger partial charge is 0.483 e. The van der Waals surface area contributed by atoms with Crippen molar-refractivity contribution in [2.24, 2.45) is 0 Å². The van der Waals surface area contributed by atoms with Crippen LogP contribution in [-0.4, -0.2) is 36.8 Å². The van der Waals surface area contributed by atoms with Crippen LogP contribution in [0, 0.1) is 6.92 Å². The molecule has 1 aromatic carbocycles. The van der Waals surface area contributed by atoms with Crippen molar-refractivity contribution in [1.82, 2.24) is 5.32 Å². The summed E-state index contributed by atoms with van der Waals surface area (Å²) in [7, 11) is 1.12. The van der Waals surface area contributed by atoms with Gasteiger partial charge in [-0.15, -0.1) is 0 Å². The Hall–Kier alpha value is -2.57. The summed E-state index contributed by atoms with van der Waals surface area (Å²) in [5.41, 5.74) is 0.525. The lowest BCUT2D eigenvalue weighted by molar-refractivity contribution is -0.122. The van der Waals surface area contributed by atoms with Crippen LogP contribution in [0.3, 0.4) is 0 Å². The molecule has 2 amide bonds. The van der Waals surface area contributed by atoms with Crippen LogP contribution in [0.25, 0.3) is 0 Å². The first-order valence-corrected chi connectivity index (χ1v) is 5.29. The predicted molar refractivity (Wildman–Crippen MR) is 64.2 cm³/mol. The molecule has 2 N–H and O–H groups in total. The standard InChI is InChI=1S/C12H13NO6/c1-7-4-3-5-8(11(15)16)10(7)19-6-9(14)13-12(17)18-2/h3-5H,6H2,1-2H3,(H,15,16)(H,13,14,17). The molecule has 7 heteroatoms. The molecule has 1 aromatic rings. The molecular weight excluding hydrogens is 254 g/mol. The summed E-state index contributed by atoms with van der Waals surface area (Å²) in [6.45, 7) is 1.17. The first-order valence-electron chi connectivity index (χ1n) is 5.29. The zero-order valence-electron chi connectivity index (χ0n) is 10.4. The van der Waals surface area contributed by atoms with E-state index in [1.807, 2.05) is 5.32 Å². The third kappa shape index (κ3) is 3.98. The molecule has 0 heterocycles. The van der Waals surface area contributed by atoms with Gasteiger partial charge >= 0.3 is 12.1 Å². The van der Waals surface area contributed by atoms with Crippen molar-refractivity contribution in [3.63, 3.8) is 0 Å². The molecule has 0 aromatic heterocycles. The van der Waals surface area contributed by atoms with Crippen LogP contribution < -0.4 is 10.1 Å². The van der Waals surface area contributed by atoms with E-state index in [1.165, 1.54) is 6.07 Å². The van der Waals surface area contributed by atoms with Crippen molar-refractivity contribution < 1.29 is 29.0 Å². The Morgan fingerprint density at radius 3 is 2.58 bits per heavy atom. The maximum absolute atomic E-state index is 11.3. The second kappa shape index (κ2) is 6.39. The molecule has 19 heavy (non-hydrogen) atoms. The van der Waals surface area contributed by atoms with Crippen LogP contribution in [0.2, 0.25) is 0 Å². The minimum Gasteiger partial charge on any atom is -0.483 e. The highest BCUT2D eigenvalue weighted by atomic mass is 16.5. The summed E-state index contributed by atoms with van der Waals surface area (Å²) in [6, 6.07) is 4.59. The lowest BCUT2D eigenvalue weighted by Crippen LogP contribution is -2.34. The normalized spacial score (nSPS) is 9.58. The molecule has 0 saturated carbocycles. The monoisotopic (exact) mass is 267 g/mol. The third-order valence-corrected chi connectivity index (χ3v) is 2.22. The van der Waals surface area contributed by atoms with Gasteiger partial charge in [0.1, 0.15) is 11.3 Å². The lowest BCUT2D eigenvalue weighted by Gasteiger charge is -2.11. The number of hydrogen-bond acceptors (Lipinski definition) is 5. The van der Waals surface area contributed by atoms with Gasteiger partial charge in [0.05, 0.1) is 7.11 Å². The number of hydrogen-bond donors (Lipinski definition) is 2. The van der Waals surface area contributed by atoms with E-state index in [-0.39, 0.29) is 11.3 Å². The number of carboxylic acid groups (broad SMARTS) is 1. The molecule has 0 saturated heterocycles. The highest BCUT2D eigenvalue weighted by Crippen LogP contribution is 2.23. The number of rotatable bonds is 4. The molecule has 0 fully saturated rings. The van der Waals surface area contributed by atoms with Crippen molar-refractivity contribution in [3.8, 4) is 5.75 Å². The fourth-order valence-electron chi connectivity index (χ4n) is 1.35. The molecule has 0 radical (unpaired) electrons. The summed E-state index contributed by atoms with van der Waals surface area (Å²) in [5, 5.41) is 10.9. The number of carbonyl (C=O) groups excluding carboxylic acids is 2. The number of ether oxygens (including phenoxy) is 2. The maximum Gasteiger partial charge on any atom is 0.413 e. The highest BCUT2D eigenvalue weighted by molar-refractivity contribution is 5.93. The van der Waals surface area contributed by atoms with E-state index in [0.717, 1.165) is 7.11 Å². The average Bonchev–Trinajstić information content (AvgIpc) is 2.36. The van der Waals surface area contributed by atoms with Gasteiger partial charge < -0.3 is 14.6 Å². The van der Waals surface area contributed by atoms with Crippen LogP contribution in [0.4, 0.5) is 4.79 Å². The fraction of sp³-hybridized carbons (Fsp3) is 0.250. The number of carbonyl (C=O) groups is 3. The first-order chi connectivity index (χ1) is 8.95. The minimum absolute atomic E-state index is 0.0501. The highest BCUT2D eigenvalue weighted by Gasteiger charge is 2.15. The molecule has 7 nitrogen and oxygen atoms in total. The van der Waals surface area contributed by atoms with E-state index < -0.39 is 24.6 Å². The maximum atomic E-state index is 11.3. The molecule has 0 atom stereocenters. The molecule has 102 valence electrons. The number of amides is 2. The summed E-state index contributed by atoms with van der Waals surface area (Å²) in [4.78, 5) is 33.1. The van der Waals surface area contributed by atoms with Gasteiger partial charge in [0, 0.05) is 0 Å². The molecule has 0 bridgehead atoms. The number of aromatic carboxylic acids is 1. The molecule has 0 aliphatic carbocycles. The second-order valence-electron chi connectivity index (χ2n) is 3.59. The Morgan fingerprint density at radius 1 is 1.32 bits per heavy atom. The van der Waals surface area contributed by atoms with Gasteiger partial charge in [-0.25, -0.2) is 9.59 Å². The van der Waals surface area contributed by atoms with Crippen molar-refractivity contribution >= 4 is 18.0 Å². The molecule has 0 aliphatic rings. The number of carboxylic acids is 1. The zero-order chi connectivity index (χ0) is 14.4. The number of alkyl carbamates (subject to hydrolysis) is 1. The topological polar surface area (TPSA) is 102 Å². The second-order valence-corrected chi connectivity index (χ2v) is 3.59. The van der Waals surface area contributed by atoms with Gasteiger partial charge in [0.25, 0.3) is 5.91 Å². The number of imide groups is 1. The van der Waals surface area contributed by atoms with E-state index in [2.05, 4.69) is 4.74 Å². The Kier molecular flexibility index (Phi) is 4.87. The summed E-state index contributed by atoms with van der Waals surface area (Å²) < 4.78 is 9.37. The molecule has 1 rings (SSSR count). The number of para-hydroxylation sites is 1. The van der Waals surface area contributed by atoms with Crippen LogP contribution >= 0.6 is 0 Å². The van der Waals surface area contributed by atoms with Crippen molar-refractivity contribution in [2.45, 2.75) is 6.92 Å². The molecular formula is C12H13NO6. The number of methoxy groups -OCH3 is 1. The van der Waals surface area contributed by atoms with Gasteiger partial charge in [0.2, 0.25) is 0 Å². The van der Waals surface area contributed by atoms with Crippen LogP contribution in [0.5, 0.6) is 5.75 Å². The quantitative estimate of drug-likeness (QED) is 0.842. The minimum atomic E-state index is -1.16. The van der Waals surface area contributed by atoms with Crippen molar-refractivity contribution in [2.75, 3.05) is 13.7 Å². The molecule has 0 spiro atoms. The zero-order valence-corrected chi connectivity index (χ0v) is 10.4. The van der Waals surface area contributed by atoms with Crippen molar-refractivity contribution in [3.05, 3.63) is 29.3 Å². The van der Waals surface area contributed by atoms with Gasteiger partial charge in [-0.05, 0) is 18.6 Å². The van der Waals surface area contributed by atoms with E-state index in [1.54, 1.807) is 19.1 Å². The Morgan fingerprint density at radius 2 is 2.00 bits per heavy atom. The number of aryl methyl sites for hydroxylation is 1. The van der Waals surface area contributed by atoms with E-state index >= 15 is 0 Å². The van der Waals surface area contributed by atoms with E-state index in [4.69, 9.17) is 9.84 Å². The number of benzene rings is 1. The Balaban J connectivity index is 2.75. The van der Waals surface area contributed by atoms with Crippen LogP contribution in [0.1, 0.15) is 15.9 Å². The van der Waals surface area contributed by atoms with Gasteiger partial charge in [-0.2, -0.15) is 0 Å². The van der Waals surface area contributed by atoms with Gasteiger partial charge in [0.15, 0.2) is 6.61 Å². The van der Waals surface area contributed by atoms with E-state index in [9.17, 15) is 14.4 Å². The van der Waals surface area contributed by atoms with Gasteiger partial charge in [-0.1, -0.05) is 12.1 Å². The Labute approximate surface area is 109 Å². The molecule has 0 unspecified atom stereocenters. The molecule has 0 aliphatic heterocycles.